The Morgan fingerprint density at radius 1 is 1.19 bits per heavy atom. The minimum atomic E-state index is 0.189. The molecule has 0 unspecified atom stereocenters. The third-order valence-electron chi connectivity index (χ3n) is 2.62. The zero-order valence-electron chi connectivity index (χ0n) is 9.89. The van der Waals surface area contributed by atoms with Gasteiger partial charge in [-0.2, -0.15) is 0 Å². The van der Waals surface area contributed by atoms with E-state index in [-0.39, 0.29) is 6.61 Å². The topological polar surface area (TPSA) is 23.5 Å². The molecule has 0 bridgehead atoms. The van der Waals surface area contributed by atoms with Crippen LogP contribution in [0.1, 0.15) is 26.2 Å². The molecule has 0 aliphatic rings. The van der Waals surface area contributed by atoms with Crippen molar-refractivity contribution in [2.75, 3.05) is 24.6 Å². The lowest BCUT2D eigenvalue weighted by atomic mass is 10.2. The Hall–Kier alpha value is -0.670. The lowest BCUT2D eigenvalue weighted by molar-refractivity contribution is 0.301. The quantitative estimate of drug-likeness (QED) is 0.564. The van der Waals surface area contributed by atoms with Gasteiger partial charge in [0, 0.05) is 18.0 Å². The van der Waals surface area contributed by atoms with Crippen LogP contribution in [0.2, 0.25) is 0 Å². The van der Waals surface area contributed by atoms with Crippen LogP contribution in [-0.4, -0.2) is 24.8 Å². The lowest BCUT2D eigenvalue weighted by Gasteiger charge is -2.25. The molecule has 0 aliphatic carbocycles. The minimum absolute atomic E-state index is 0.189. The van der Waals surface area contributed by atoms with E-state index < -0.39 is 0 Å². The molecule has 0 saturated carbocycles. The van der Waals surface area contributed by atoms with Gasteiger partial charge in [0.05, 0.1) is 12.3 Å². The van der Waals surface area contributed by atoms with Crippen LogP contribution in [0, 0.1) is 0 Å². The van der Waals surface area contributed by atoms with Crippen molar-refractivity contribution in [1.29, 1.82) is 0 Å². The largest absolute Gasteiger partial charge is 0.395 e. The van der Waals surface area contributed by atoms with Gasteiger partial charge in [-0.05, 0) is 18.6 Å². The zero-order chi connectivity index (χ0) is 11.8. The Bertz CT molecular complexity index is 304. The van der Waals surface area contributed by atoms with E-state index in [0.717, 1.165) is 17.1 Å². The highest BCUT2D eigenvalue weighted by Crippen LogP contribution is 2.23. The first-order chi connectivity index (χ1) is 7.79. The Morgan fingerprint density at radius 3 is 2.56 bits per heavy atom. The number of rotatable bonds is 7. The van der Waals surface area contributed by atoms with Crippen molar-refractivity contribution < 1.29 is 5.11 Å². The molecule has 3 heteroatoms. The second-order valence-electron chi connectivity index (χ2n) is 3.91. The van der Waals surface area contributed by atoms with Crippen LogP contribution < -0.4 is 4.90 Å². The molecule has 0 atom stereocenters. The monoisotopic (exact) mass is 239 g/mol. The number of aliphatic hydroxyl groups is 1. The maximum Gasteiger partial charge on any atom is 0.0606 e. The van der Waals surface area contributed by atoms with E-state index in [1.54, 1.807) is 0 Å². The smallest absolute Gasteiger partial charge is 0.0606 e. The summed E-state index contributed by atoms with van der Waals surface area (Å²) in [5.41, 5.74) is 1.12. The minimum Gasteiger partial charge on any atom is -0.395 e. The molecule has 0 aliphatic heterocycles. The highest BCUT2D eigenvalue weighted by molar-refractivity contribution is 7.80. The summed E-state index contributed by atoms with van der Waals surface area (Å²) in [6.45, 7) is 4.06. The average molecular weight is 239 g/mol. The summed E-state index contributed by atoms with van der Waals surface area (Å²) >= 11 is 4.45. The number of hydrogen-bond donors (Lipinski definition) is 2. The first-order valence-electron chi connectivity index (χ1n) is 5.93. The first-order valence-corrected chi connectivity index (χ1v) is 6.38. The van der Waals surface area contributed by atoms with Gasteiger partial charge in [0.25, 0.3) is 0 Å². The maximum atomic E-state index is 9.08. The summed E-state index contributed by atoms with van der Waals surface area (Å²) in [5, 5.41) is 9.08. The number of hydrogen-bond acceptors (Lipinski definition) is 3. The molecule has 1 aromatic carbocycles. The van der Waals surface area contributed by atoms with Crippen LogP contribution >= 0.6 is 12.6 Å². The van der Waals surface area contributed by atoms with Crippen LogP contribution in [0.3, 0.4) is 0 Å². The molecule has 0 saturated heterocycles. The molecule has 2 nitrogen and oxygen atoms in total. The summed E-state index contributed by atoms with van der Waals surface area (Å²) in [6, 6.07) is 8.04. The van der Waals surface area contributed by atoms with Gasteiger partial charge in [-0.25, -0.2) is 0 Å². The Balaban J connectivity index is 2.65. The lowest BCUT2D eigenvalue weighted by Crippen LogP contribution is -2.28. The molecule has 0 fully saturated rings. The van der Waals surface area contributed by atoms with Crippen molar-refractivity contribution in [3.63, 3.8) is 0 Å². The van der Waals surface area contributed by atoms with Crippen molar-refractivity contribution >= 4 is 18.3 Å². The fraction of sp³-hybridized carbons (Fsp3) is 0.538. The predicted molar refractivity (Wildman–Crippen MR) is 72.5 cm³/mol. The fourth-order valence-electron chi connectivity index (χ4n) is 1.76. The Morgan fingerprint density at radius 2 is 1.94 bits per heavy atom. The third-order valence-corrected chi connectivity index (χ3v) is 3.00. The van der Waals surface area contributed by atoms with Gasteiger partial charge in [-0.3, -0.25) is 0 Å². The van der Waals surface area contributed by atoms with E-state index in [4.69, 9.17) is 5.11 Å². The number of para-hydroxylation sites is 1. The highest BCUT2D eigenvalue weighted by atomic mass is 32.1. The van der Waals surface area contributed by atoms with Gasteiger partial charge in [0.2, 0.25) is 0 Å². The molecular formula is C13H21NOS. The summed E-state index contributed by atoms with van der Waals surface area (Å²) in [5.74, 6) is 0. The number of aliphatic hydroxyl groups excluding tert-OH is 1. The average Bonchev–Trinajstić information content (AvgIpc) is 2.29. The van der Waals surface area contributed by atoms with Crippen LogP contribution in [0.5, 0.6) is 0 Å². The number of nitrogens with zero attached hydrogens (tertiary/aromatic N) is 1. The molecular weight excluding hydrogens is 218 g/mol. The zero-order valence-corrected chi connectivity index (χ0v) is 10.8. The number of unbranched alkanes of at least 4 members (excludes halogenated alkanes) is 2. The Labute approximate surface area is 104 Å². The SMILES string of the molecule is CCCCCN(CCO)c1ccccc1S. The van der Waals surface area contributed by atoms with E-state index in [1.165, 1.54) is 19.3 Å². The first kappa shape index (κ1) is 13.4. The van der Waals surface area contributed by atoms with Gasteiger partial charge in [-0.15, -0.1) is 12.6 Å². The Kier molecular flexibility index (Phi) is 6.34. The standard InChI is InChI=1S/C13H21NOS/c1-2-3-6-9-14(10-11-15)12-7-4-5-8-13(12)16/h4-5,7-8,15-16H,2-3,6,9-11H2,1H3. The summed E-state index contributed by atoms with van der Waals surface area (Å²) in [7, 11) is 0. The van der Waals surface area contributed by atoms with E-state index in [9.17, 15) is 0 Å². The summed E-state index contributed by atoms with van der Waals surface area (Å²) in [6.07, 6.45) is 3.62. The fourth-order valence-corrected chi connectivity index (χ4v) is 2.06. The van der Waals surface area contributed by atoms with Crippen molar-refractivity contribution in [2.45, 2.75) is 31.1 Å². The van der Waals surface area contributed by atoms with E-state index in [1.807, 2.05) is 18.2 Å². The third kappa shape index (κ3) is 4.06. The second-order valence-corrected chi connectivity index (χ2v) is 4.39. The maximum absolute atomic E-state index is 9.08. The van der Waals surface area contributed by atoms with Crippen molar-refractivity contribution in [1.82, 2.24) is 0 Å². The molecule has 0 spiro atoms. The number of thiol groups is 1. The normalized spacial score (nSPS) is 10.4. The number of benzene rings is 1. The molecule has 0 radical (unpaired) electrons. The molecule has 1 N–H and O–H groups in total. The second kappa shape index (κ2) is 7.58. The molecule has 1 rings (SSSR count). The van der Waals surface area contributed by atoms with E-state index in [0.29, 0.717) is 6.54 Å². The van der Waals surface area contributed by atoms with Gasteiger partial charge in [-0.1, -0.05) is 31.9 Å². The van der Waals surface area contributed by atoms with Crippen molar-refractivity contribution in [3.05, 3.63) is 24.3 Å². The molecule has 0 heterocycles. The highest BCUT2D eigenvalue weighted by Gasteiger charge is 2.07. The van der Waals surface area contributed by atoms with Crippen molar-refractivity contribution in [2.24, 2.45) is 0 Å². The van der Waals surface area contributed by atoms with E-state index >= 15 is 0 Å². The van der Waals surface area contributed by atoms with Crippen LogP contribution in [-0.2, 0) is 0 Å². The van der Waals surface area contributed by atoms with Gasteiger partial charge in [0.1, 0.15) is 0 Å². The number of anilines is 1. The molecule has 0 amide bonds. The van der Waals surface area contributed by atoms with Crippen molar-refractivity contribution in [3.8, 4) is 0 Å². The van der Waals surface area contributed by atoms with Crippen LogP contribution in [0.25, 0.3) is 0 Å². The molecule has 1 aromatic rings. The van der Waals surface area contributed by atoms with Crippen LogP contribution in [0.15, 0.2) is 29.2 Å². The summed E-state index contributed by atoms with van der Waals surface area (Å²) < 4.78 is 0. The predicted octanol–water partition coefficient (Wildman–Crippen LogP) is 2.96. The summed E-state index contributed by atoms with van der Waals surface area (Å²) in [4.78, 5) is 3.19. The molecule has 90 valence electrons. The van der Waals surface area contributed by atoms with Gasteiger partial charge in [0.15, 0.2) is 0 Å². The molecule has 16 heavy (non-hydrogen) atoms. The van der Waals surface area contributed by atoms with Crippen LogP contribution in [0.4, 0.5) is 5.69 Å². The van der Waals surface area contributed by atoms with E-state index in [2.05, 4.69) is 30.5 Å². The molecule has 0 aromatic heterocycles. The van der Waals surface area contributed by atoms with Gasteiger partial charge >= 0.3 is 0 Å². The van der Waals surface area contributed by atoms with Gasteiger partial charge < -0.3 is 10.0 Å².